The second-order valence-electron chi connectivity index (χ2n) is 6.84. The number of nitrogens with zero attached hydrogens (tertiary/aromatic N) is 1. The Balaban J connectivity index is 1.34. The molecule has 4 rings (SSSR count). The van der Waals surface area contributed by atoms with Gasteiger partial charge in [-0.2, -0.15) is 4.99 Å². The van der Waals surface area contributed by atoms with Gasteiger partial charge in [0.05, 0.1) is 0 Å². The van der Waals surface area contributed by atoms with Crippen molar-refractivity contribution >= 4 is 22.8 Å². The van der Waals surface area contributed by atoms with E-state index in [-0.39, 0.29) is 10.7 Å². The lowest BCUT2D eigenvalue weighted by atomic mass is 9.89. The number of nitrogens with one attached hydrogen (secondary N) is 1. The molecule has 3 aliphatic carbocycles. The number of amides is 1. The van der Waals surface area contributed by atoms with Crippen LogP contribution in [0.3, 0.4) is 0 Å². The molecule has 2 bridgehead atoms. The Morgan fingerprint density at radius 3 is 2.79 bits per heavy atom. The topological polar surface area (TPSA) is 41.5 Å². The molecule has 4 aliphatic rings. The van der Waals surface area contributed by atoms with Crippen LogP contribution in [0.1, 0.15) is 51.4 Å². The van der Waals surface area contributed by atoms with Gasteiger partial charge < -0.3 is 5.32 Å². The van der Waals surface area contributed by atoms with E-state index in [0.717, 1.165) is 42.3 Å². The Hall–Kier alpha value is -0.510. The molecule has 1 spiro atoms. The van der Waals surface area contributed by atoms with Crippen LogP contribution in [-0.2, 0) is 4.79 Å². The molecule has 104 valence electrons. The maximum absolute atomic E-state index is 12.1. The Kier molecular flexibility index (Phi) is 2.90. The van der Waals surface area contributed by atoms with Crippen molar-refractivity contribution < 1.29 is 4.79 Å². The maximum atomic E-state index is 12.1. The molecule has 1 heterocycles. The van der Waals surface area contributed by atoms with Crippen LogP contribution in [0.2, 0.25) is 0 Å². The van der Waals surface area contributed by atoms with E-state index in [9.17, 15) is 4.79 Å². The normalized spacial score (nSPS) is 39.3. The Bertz CT molecular complexity index is 428. The van der Waals surface area contributed by atoms with E-state index in [1.807, 2.05) is 0 Å². The monoisotopic (exact) mass is 278 g/mol. The molecular formula is C15H22N2OS. The van der Waals surface area contributed by atoms with Gasteiger partial charge in [0.2, 0.25) is 0 Å². The highest BCUT2D eigenvalue weighted by Gasteiger charge is 2.47. The molecule has 1 N–H and O–H groups in total. The number of aliphatic imine (C=N–C) groups is 1. The van der Waals surface area contributed by atoms with Crippen LogP contribution in [-0.4, -0.2) is 22.4 Å². The molecule has 0 radical (unpaired) electrons. The van der Waals surface area contributed by atoms with Gasteiger partial charge in [0.15, 0.2) is 5.17 Å². The summed E-state index contributed by atoms with van der Waals surface area (Å²) in [6.07, 6.45) is 10.2. The largest absolute Gasteiger partial charge is 0.364 e. The van der Waals surface area contributed by atoms with Gasteiger partial charge in [-0.15, -0.1) is 0 Å². The van der Waals surface area contributed by atoms with Gasteiger partial charge >= 0.3 is 0 Å². The Morgan fingerprint density at radius 2 is 2.11 bits per heavy atom. The maximum Gasteiger partial charge on any atom is 0.264 e. The Labute approximate surface area is 119 Å². The molecule has 3 fully saturated rings. The highest BCUT2D eigenvalue weighted by atomic mass is 32.2. The average molecular weight is 278 g/mol. The SMILES string of the molecule is O=C1N=C(NC[C@H]2C[C@@H]3CCC2C3)SC12CCCC2. The van der Waals surface area contributed by atoms with E-state index in [0.29, 0.717) is 0 Å². The van der Waals surface area contributed by atoms with Crippen molar-refractivity contribution in [1.82, 2.24) is 5.32 Å². The van der Waals surface area contributed by atoms with Crippen LogP contribution >= 0.6 is 11.8 Å². The third kappa shape index (κ3) is 2.03. The van der Waals surface area contributed by atoms with Gasteiger partial charge in [-0.1, -0.05) is 31.0 Å². The summed E-state index contributed by atoms with van der Waals surface area (Å²) < 4.78 is -0.170. The van der Waals surface area contributed by atoms with E-state index in [2.05, 4.69) is 10.3 Å². The molecule has 1 unspecified atom stereocenters. The Morgan fingerprint density at radius 1 is 1.26 bits per heavy atom. The minimum absolute atomic E-state index is 0.130. The third-order valence-corrected chi connectivity index (χ3v) is 7.10. The molecule has 4 heteroatoms. The van der Waals surface area contributed by atoms with Gasteiger partial charge in [0, 0.05) is 6.54 Å². The van der Waals surface area contributed by atoms with Crippen molar-refractivity contribution in [2.24, 2.45) is 22.7 Å². The summed E-state index contributed by atoms with van der Waals surface area (Å²) in [6.45, 7) is 1.04. The number of fused-ring (bicyclic) bond motifs is 2. The molecule has 0 aromatic rings. The lowest BCUT2D eigenvalue weighted by Crippen LogP contribution is -2.31. The standard InChI is InChI=1S/C15H22N2OS/c18-13-15(5-1-2-6-15)19-14(17-13)16-9-12-8-10-3-4-11(12)7-10/h10-12H,1-9H2,(H,16,17,18)/t10-,11?,12-/m1/s1. The van der Waals surface area contributed by atoms with E-state index in [1.165, 1.54) is 38.5 Å². The van der Waals surface area contributed by atoms with E-state index < -0.39 is 0 Å². The van der Waals surface area contributed by atoms with Gasteiger partial charge in [-0.25, -0.2) is 0 Å². The number of hydrogen-bond donors (Lipinski definition) is 1. The zero-order valence-corrected chi connectivity index (χ0v) is 12.2. The second kappa shape index (κ2) is 4.51. The molecular weight excluding hydrogens is 256 g/mol. The fourth-order valence-corrected chi connectivity index (χ4v) is 5.91. The molecule has 3 atom stereocenters. The number of carbonyl (C=O) groups excluding carboxylic acids is 1. The van der Waals surface area contributed by atoms with Crippen molar-refractivity contribution in [3.8, 4) is 0 Å². The van der Waals surface area contributed by atoms with Crippen LogP contribution < -0.4 is 5.32 Å². The molecule has 0 saturated heterocycles. The molecule has 0 aromatic heterocycles. The zero-order valence-electron chi connectivity index (χ0n) is 11.4. The average Bonchev–Trinajstić information content (AvgIpc) is 3.15. The molecule has 1 amide bonds. The fraction of sp³-hybridized carbons (Fsp3) is 0.867. The van der Waals surface area contributed by atoms with Crippen LogP contribution in [0.15, 0.2) is 4.99 Å². The first kappa shape index (κ1) is 12.2. The second-order valence-corrected chi connectivity index (χ2v) is 8.21. The van der Waals surface area contributed by atoms with Crippen molar-refractivity contribution in [1.29, 1.82) is 0 Å². The van der Waals surface area contributed by atoms with Crippen LogP contribution in [0.4, 0.5) is 0 Å². The number of carbonyl (C=O) groups is 1. The first-order valence-electron chi connectivity index (χ1n) is 7.81. The fourth-order valence-electron chi connectivity index (χ4n) is 4.63. The molecule has 19 heavy (non-hydrogen) atoms. The predicted octanol–water partition coefficient (Wildman–Crippen LogP) is 2.95. The molecule has 3 saturated carbocycles. The van der Waals surface area contributed by atoms with Crippen molar-refractivity contribution in [2.45, 2.75) is 56.1 Å². The number of amidine groups is 1. The number of hydrogen-bond acceptors (Lipinski definition) is 3. The summed E-state index contributed by atoms with van der Waals surface area (Å²) in [6, 6.07) is 0. The van der Waals surface area contributed by atoms with E-state index in [1.54, 1.807) is 11.8 Å². The summed E-state index contributed by atoms with van der Waals surface area (Å²) in [5, 5.41) is 4.39. The van der Waals surface area contributed by atoms with Crippen LogP contribution in [0.5, 0.6) is 0 Å². The van der Waals surface area contributed by atoms with Crippen LogP contribution in [0, 0.1) is 17.8 Å². The van der Waals surface area contributed by atoms with Crippen molar-refractivity contribution in [3.05, 3.63) is 0 Å². The molecule has 1 aliphatic heterocycles. The predicted molar refractivity (Wildman–Crippen MR) is 78.2 cm³/mol. The highest BCUT2D eigenvalue weighted by molar-refractivity contribution is 8.16. The van der Waals surface area contributed by atoms with Crippen molar-refractivity contribution in [2.75, 3.05) is 6.54 Å². The summed E-state index contributed by atoms with van der Waals surface area (Å²) in [5.41, 5.74) is 0. The number of rotatable bonds is 2. The molecule has 0 aromatic carbocycles. The third-order valence-electron chi connectivity index (χ3n) is 5.70. The summed E-state index contributed by atoms with van der Waals surface area (Å²) in [4.78, 5) is 16.4. The number of thioether (sulfide) groups is 1. The minimum Gasteiger partial charge on any atom is -0.364 e. The lowest BCUT2D eigenvalue weighted by molar-refractivity contribution is -0.119. The quantitative estimate of drug-likeness (QED) is 0.844. The minimum atomic E-state index is -0.170. The summed E-state index contributed by atoms with van der Waals surface area (Å²) in [5.74, 6) is 2.90. The van der Waals surface area contributed by atoms with Gasteiger partial charge in [-0.3, -0.25) is 4.79 Å². The van der Waals surface area contributed by atoms with Gasteiger partial charge in [0.1, 0.15) is 4.75 Å². The first-order chi connectivity index (χ1) is 9.25. The van der Waals surface area contributed by atoms with E-state index >= 15 is 0 Å². The lowest BCUT2D eigenvalue weighted by Gasteiger charge is -2.23. The summed E-state index contributed by atoms with van der Waals surface area (Å²) >= 11 is 1.72. The van der Waals surface area contributed by atoms with Gasteiger partial charge in [0.25, 0.3) is 5.91 Å². The van der Waals surface area contributed by atoms with E-state index in [4.69, 9.17) is 0 Å². The zero-order chi connectivity index (χ0) is 12.9. The smallest absolute Gasteiger partial charge is 0.264 e. The highest BCUT2D eigenvalue weighted by Crippen LogP contribution is 2.49. The molecule has 3 nitrogen and oxygen atoms in total. The summed E-state index contributed by atoms with van der Waals surface area (Å²) in [7, 11) is 0. The first-order valence-corrected chi connectivity index (χ1v) is 8.63. The van der Waals surface area contributed by atoms with Crippen LogP contribution in [0.25, 0.3) is 0 Å². The van der Waals surface area contributed by atoms with Gasteiger partial charge in [-0.05, 0) is 49.9 Å². The van der Waals surface area contributed by atoms with Crippen molar-refractivity contribution in [3.63, 3.8) is 0 Å².